The van der Waals surface area contributed by atoms with E-state index in [2.05, 4.69) is 34.2 Å². The Morgan fingerprint density at radius 2 is 1.81 bits per heavy atom. The van der Waals surface area contributed by atoms with E-state index in [-0.39, 0.29) is 12.4 Å². The lowest BCUT2D eigenvalue weighted by Crippen LogP contribution is -2.03. The van der Waals surface area contributed by atoms with Crippen molar-refractivity contribution in [2.45, 2.75) is 20.1 Å². The highest BCUT2D eigenvalue weighted by molar-refractivity contribution is 9.10. The highest BCUT2D eigenvalue weighted by atomic mass is 79.9. The first-order chi connectivity index (χ1) is 13.1. The molecule has 0 heterocycles. The van der Waals surface area contributed by atoms with E-state index in [0.717, 1.165) is 15.7 Å². The van der Waals surface area contributed by atoms with Gasteiger partial charge in [-0.3, -0.25) is 0 Å². The van der Waals surface area contributed by atoms with Crippen LogP contribution in [0.3, 0.4) is 0 Å². The van der Waals surface area contributed by atoms with Gasteiger partial charge in [-0.25, -0.2) is 4.39 Å². The number of aryl methyl sites for hydroxylation is 1. The van der Waals surface area contributed by atoms with Crippen molar-refractivity contribution in [3.63, 3.8) is 0 Å². The van der Waals surface area contributed by atoms with Gasteiger partial charge in [0, 0.05) is 22.3 Å². The second-order valence-electron chi connectivity index (χ2n) is 6.18. The van der Waals surface area contributed by atoms with Crippen molar-refractivity contribution in [3.8, 4) is 11.5 Å². The van der Waals surface area contributed by atoms with Crippen molar-refractivity contribution in [2.24, 2.45) is 0 Å². The quantitative estimate of drug-likeness (QED) is 0.492. The second kappa shape index (κ2) is 8.91. The summed E-state index contributed by atoms with van der Waals surface area (Å²) in [5.74, 6) is 0.935. The molecule has 0 aromatic heterocycles. The zero-order valence-corrected chi connectivity index (χ0v) is 16.8. The van der Waals surface area contributed by atoms with E-state index in [0.29, 0.717) is 23.6 Å². The molecule has 3 aromatic carbocycles. The molecule has 27 heavy (non-hydrogen) atoms. The first-order valence-electron chi connectivity index (χ1n) is 8.60. The van der Waals surface area contributed by atoms with Crippen LogP contribution in [0.5, 0.6) is 11.5 Å². The Morgan fingerprint density at radius 1 is 1.00 bits per heavy atom. The maximum absolute atomic E-state index is 13.7. The summed E-state index contributed by atoms with van der Waals surface area (Å²) in [6, 6.07) is 18.5. The van der Waals surface area contributed by atoms with Gasteiger partial charge in [0.2, 0.25) is 0 Å². The highest BCUT2D eigenvalue weighted by Gasteiger charge is 2.08. The van der Waals surface area contributed by atoms with Crippen LogP contribution in [0.15, 0.2) is 65.1 Å². The summed E-state index contributed by atoms with van der Waals surface area (Å²) in [6.07, 6.45) is 0. The summed E-state index contributed by atoms with van der Waals surface area (Å²) in [7, 11) is 1.60. The van der Waals surface area contributed by atoms with E-state index in [1.165, 1.54) is 11.6 Å². The zero-order valence-electron chi connectivity index (χ0n) is 15.3. The Balaban J connectivity index is 1.67. The van der Waals surface area contributed by atoms with Gasteiger partial charge in [0.25, 0.3) is 0 Å². The van der Waals surface area contributed by atoms with Crippen LogP contribution < -0.4 is 14.8 Å². The standard InChI is InChI=1S/C22H21BrFNO2/c1-15-11-18(23)8-9-20(15)25-13-16-7-10-21(22(12-16)26-2)27-14-17-5-3-4-6-19(17)24/h3-12,25H,13-14H2,1-2H3. The van der Waals surface area contributed by atoms with Gasteiger partial charge in [-0.05, 0) is 54.4 Å². The van der Waals surface area contributed by atoms with Crippen molar-refractivity contribution in [3.05, 3.63) is 87.6 Å². The normalized spacial score (nSPS) is 10.5. The van der Waals surface area contributed by atoms with E-state index in [9.17, 15) is 4.39 Å². The topological polar surface area (TPSA) is 30.5 Å². The minimum absolute atomic E-state index is 0.152. The van der Waals surface area contributed by atoms with E-state index in [1.54, 1.807) is 25.3 Å². The molecule has 0 spiro atoms. The van der Waals surface area contributed by atoms with Gasteiger partial charge < -0.3 is 14.8 Å². The third-order valence-corrected chi connectivity index (χ3v) is 4.73. The predicted octanol–water partition coefficient (Wildman–Crippen LogP) is 6.10. The van der Waals surface area contributed by atoms with Gasteiger partial charge in [0.15, 0.2) is 11.5 Å². The average molecular weight is 430 g/mol. The highest BCUT2D eigenvalue weighted by Crippen LogP contribution is 2.30. The molecule has 0 unspecified atom stereocenters. The van der Waals surface area contributed by atoms with Crippen LogP contribution in [0.1, 0.15) is 16.7 Å². The molecule has 0 bridgehead atoms. The molecule has 0 aliphatic carbocycles. The third kappa shape index (κ3) is 5.01. The minimum Gasteiger partial charge on any atom is -0.493 e. The van der Waals surface area contributed by atoms with Gasteiger partial charge in [-0.2, -0.15) is 0 Å². The van der Waals surface area contributed by atoms with Crippen molar-refractivity contribution in [1.82, 2.24) is 0 Å². The van der Waals surface area contributed by atoms with E-state index >= 15 is 0 Å². The zero-order chi connectivity index (χ0) is 19.2. The molecule has 0 aliphatic heterocycles. The Labute approximate surface area is 167 Å². The molecule has 5 heteroatoms. The molecule has 3 nitrogen and oxygen atoms in total. The Morgan fingerprint density at radius 3 is 2.56 bits per heavy atom. The summed E-state index contributed by atoms with van der Waals surface area (Å²) in [5.41, 5.74) is 3.82. The van der Waals surface area contributed by atoms with Gasteiger partial charge in [-0.15, -0.1) is 0 Å². The van der Waals surface area contributed by atoms with Crippen LogP contribution >= 0.6 is 15.9 Å². The Hall–Kier alpha value is -2.53. The number of nitrogens with one attached hydrogen (secondary N) is 1. The van der Waals surface area contributed by atoms with Crippen molar-refractivity contribution in [2.75, 3.05) is 12.4 Å². The lowest BCUT2D eigenvalue weighted by Gasteiger charge is -2.14. The maximum Gasteiger partial charge on any atom is 0.161 e. The summed E-state index contributed by atoms with van der Waals surface area (Å²) in [6.45, 7) is 2.87. The van der Waals surface area contributed by atoms with Crippen molar-refractivity contribution >= 4 is 21.6 Å². The van der Waals surface area contributed by atoms with E-state index in [1.807, 2.05) is 30.3 Å². The molecule has 140 valence electrons. The Bertz CT molecular complexity index is 930. The molecular formula is C22H21BrFNO2. The van der Waals surface area contributed by atoms with E-state index in [4.69, 9.17) is 9.47 Å². The molecule has 0 saturated heterocycles. The smallest absolute Gasteiger partial charge is 0.161 e. The Kier molecular flexibility index (Phi) is 6.35. The number of anilines is 1. The fraction of sp³-hybridized carbons (Fsp3) is 0.182. The first kappa shape index (κ1) is 19.2. The fourth-order valence-corrected chi connectivity index (χ4v) is 3.21. The number of methoxy groups -OCH3 is 1. The lowest BCUT2D eigenvalue weighted by molar-refractivity contribution is 0.279. The monoisotopic (exact) mass is 429 g/mol. The largest absolute Gasteiger partial charge is 0.493 e. The number of rotatable bonds is 7. The molecule has 1 N–H and O–H groups in total. The SMILES string of the molecule is COc1cc(CNc2ccc(Br)cc2C)ccc1OCc1ccccc1F. The molecule has 3 aromatic rings. The number of benzene rings is 3. The number of hydrogen-bond acceptors (Lipinski definition) is 3. The van der Waals surface area contributed by atoms with E-state index < -0.39 is 0 Å². The summed E-state index contributed by atoms with van der Waals surface area (Å²) in [4.78, 5) is 0. The van der Waals surface area contributed by atoms with Crippen LogP contribution in [0.2, 0.25) is 0 Å². The van der Waals surface area contributed by atoms with Gasteiger partial charge >= 0.3 is 0 Å². The molecule has 0 aliphatic rings. The third-order valence-electron chi connectivity index (χ3n) is 4.24. The van der Waals surface area contributed by atoms with Gasteiger partial charge in [0.1, 0.15) is 12.4 Å². The van der Waals surface area contributed by atoms with Crippen LogP contribution in [0.4, 0.5) is 10.1 Å². The molecule has 0 fully saturated rings. The van der Waals surface area contributed by atoms with Crippen LogP contribution in [0.25, 0.3) is 0 Å². The molecule has 0 saturated carbocycles. The van der Waals surface area contributed by atoms with Gasteiger partial charge in [-0.1, -0.05) is 40.2 Å². The van der Waals surface area contributed by atoms with Crippen LogP contribution in [-0.2, 0) is 13.2 Å². The van der Waals surface area contributed by atoms with Gasteiger partial charge in [0.05, 0.1) is 7.11 Å². The number of halogens is 2. The summed E-state index contributed by atoms with van der Waals surface area (Å²) < 4.78 is 26.0. The van der Waals surface area contributed by atoms with Crippen LogP contribution in [-0.4, -0.2) is 7.11 Å². The average Bonchev–Trinajstić information content (AvgIpc) is 2.67. The minimum atomic E-state index is -0.276. The first-order valence-corrected chi connectivity index (χ1v) is 9.39. The molecule has 3 rings (SSSR count). The molecular weight excluding hydrogens is 409 g/mol. The van der Waals surface area contributed by atoms with Crippen molar-refractivity contribution < 1.29 is 13.9 Å². The maximum atomic E-state index is 13.7. The lowest BCUT2D eigenvalue weighted by atomic mass is 10.1. The fourth-order valence-electron chi connectivity index (χ4n) is 2.73. The number of ether oxygens (including phenoxy) is 2. The second-order valence-corrected chi connectivity index (χ2v) is 7.09. The number of hydrogen-bond donors (Lipinski definition) is 1. The summed E-state index contributed by atoms with van der Waals surface area (Å²) in [5, 5.41) is 3.43. The van der Waals surface area contributed by atoms with Crippen LogP contribution in [0, 0.1) is 12.7 Å². The molecule has 0 amide bonds. The van der Waals surface area contributed by atoms with Crippen molar-refractivity contribution in [1.29, 1.82) is 0 Å². The molecule has 0 atom stereocenters. The predicted molar refractivity (Wildman–Crippen MR) is 110 cm³/mol. The summed E-state index contributed by atoms with van der Waals surface area (Å²) >= 11 is 3.47. The molecule has 0 radical (unpaired) electrons.